The van der Waals surface area contributed by atoms with E-state index in [0.717, 1.165) is 11.3 Å². The Labute approximate surface area is 185 Å². The number of imide groups is 1. The second kappa shape index (κ2) is 8.15. The lowest BCUT2D eigenvalue weighted by molar-refractivity contribution is -0.384. The molecule has 2 unspecified atom stereocenters. The lowest BCUT2D eigenvalue weighted by Gasteiger charge is -2.37. The number of benzene rings is 2. The van der Waals surface area contributed by atoms with E-state index in [0.29, 0.717) is 46.9 Å². The largest absolute Gasteiger partial charge is 0.366 e. The topological polar surface area (TPSA) is 83.8 Å². The van der Waals surface area contributed by atoms with Gasteiger partial charge in [0.25, 0.3) is 17.5 Å². The number of nitrogens with zero attached hydrogens (tertiary/aromatic N) is 3. The molecule has 0 saturated carbocycles. The molecule has 2 aromatic carbocycles. The number of hydrogen-bond acceptors (Lipinski definition) is 5. The van der Waals surface area contributed by atoms with Gasteiger partial charge in [0.1, 0.15) is 5.70 Å². The van der Waals surface area contributed by atoms with E-state index in [9.17, 15) is 19.7 Å². The molecule has 0 N–H and O–H groups in total. The summed E-state index contributed by atoms with van der Waals surface area (Å²) in [6.45, 7) is 5.60. The standard InChI is InChI=1S/C23H22ClN3O4/c1-14-11-15(2)13-25(12-14)21-20(16-3-7-19(8-4-16)27(30)31)22(28)26(23(21)29)18-9-5-17(24)6-10-18/h3-10,14-15H,11-13H2,1-2H3. The van der Waals surface area contributed by atoms with Crippen LogP contribution in [0.4, 0.5) is 11.4 Å². The summed E-state index contributed by atoms with van der Waals surface area (Å²) < 4.78 is 0. The van der Waals surface area contributed by atoms with Crippen LogP contribution in [0.1, 0.15) is 25.8 Å². The Balaban J connectivity index is 1.82. The number of piperidine rings is 1. The van der Waals surface area contributed by atoms with E-state index < -0.39 is 10.8 Å². The predicted octanol–water partition coefficient (Wildman–Crippen LogP) is 4.51. The highest BCUT2D eigenvalue weighted by atomic mass is 35.5. The molecule has 7 nitrogen and oxygen atoms in total. The van der Waals surface area contributed by atoms with Gasteiger partial charge in [0.15, 0.2) is 0 Å². The average molecular weight is 440 g/mol. The molecule has 2 aromatic rings. The van der Waals surface area contributed by atoms with E-state index in [2.05, 4.69) is 13.8 Å². The first-order valence-electron chi connectivity index (χ1n) is 10.1. The van der Waals surface area contributed by atoms with Gasteiger partial charge in [0, 0.05) is 30.2 Å². The van der Waals surface area contributed by atoms with Crippen LogP contribution in [-0.2, 0) is 9.59 Å². The summed E-state index contributed by atoms with van der Waals surface area (Å²) >= 11 is 5.98. The van der Waals surface area contributed by atoms with Gasteiger partial charge >= 0.3 is 0 Å². The third-order valence-corrected chi connectivity index (χ3v) is 5.95. The molecule has 4 rings (SSSR count). The van der Waals surface area contributed by atoms with Gasteiger partial charge in [-0.05, 0) is 60.2 Å². The van der Waals surface area contributed by atoms with Gasteiger partial charge in [-0.1, -0.05) is 25.4 Å². The zero-order valence-corrected chi connectivity index (χ0v) is 18.0. The van der Waals surface area contributed by atoms with Crippen molar-refractivity contribution in [3.05, 3.63) is 74.9 Å². The van der Waals surface area contributed by atoms with Crippen molar-refractivity contribution in [2.24, 2.45) is 11.8 Å². The minimum Gasteiger partial charge on any atom is -0.366 e. The molecule has 2 atom stereocenters. The fourth-order valence-electron chi connectivity index (χ4n) is 4.49. The van der Waals surface area contributed by atoms with Crippen LogP contribution in [0.15, 0.2) is 54.2 Å². The van der Waals surface area contributed by atoms with E-state index >= 15 is 0 Å². The molecule has 2 aliphatic heterocycles. The SMILES string of the molecule is CC1CC(C)CN(C2=C(c3ccc([N+](=O)[O-])cc3)C(=O)N(c3ccc(Cl)cc3)C2=O)C1. The highest BCUT2D eigenvalue weighted by Crippen LogP contribution is 2.37. The molecule has 2 aliphatic rings. The van der Waals surface area contributed by atoms with Crippen LogP contribution < -0.4 is 4.90 Å². The summed E-state index contributed by atoms with van der Waals surface area (Å²) in [7, 11) is 0. The molecule has 0 aliphatic carbocycles. The van der Waals surface area contributed by atoms with Gasteiger partial charge < -0.3 is 4.90 Å². The maximum absolute atomic E-state index is 13.5. The van der Waals surface area contributed by atoms with Gasteiger partial charge in [0.05, 0.1) is 16.2 Å². The lowest BCUT2D eigenvalue weighted by atomic mass is 9.91. The summed E-state index contributed by atoms with van der Waals surface area (Å²) in [4.78, 5) is 40.7. The van der Waals surface area contributed by atoms with Crippen molar-refractivity contribution >= 4 is 40.4 Å². The maximum atomic E-state index is 13.5. The molecule has 0 radical (unpaired) electrons. The van der Waals surface area contributed by atoms with Crippen molar-refractivity contribution in [2.45, 2.75) is 20.3 Å². The van der Waals surface area contributed by atoms with Crippen LogP contribution in [0.5, 0.6) is 0 Å². The highest BCUT2D eigenvalue weighted by Gasteiger charge is 2.43. The van der Waals surface area contributed by atoms with E-state index in [1.54, 1.807) is 24.3 Å². The van der Waals surface area contributed by atoms with Crippen molar-refractivity contribution in [1.29, 1.82) is 0 Å². The maximum Gasteiger partial charge on any atom is 0.282 e. The molecule has 1 fully saturated rings. The number of likely N-dealkylation sites (tertiary alicyclic amines) is 1. The van der Waals surface area contributed by atoms with Crippen LogP contribution in [-0.4, -0.2) is 34.7 Å². The highest BCUT2D eigenvalue weighted by molar-refractivity contribution is 6.45. The van der Waals surface area contributed by atoms with Crippen LogP contribution in [0, 0.1) is 22.0 Å². The Morgan fingerprint density at radius 3 is 2.06 bits per heavy atom. The van der Waals surface area contributed by atoms with Crippen molar-refractivity contribution in [2.75, 3.05) is 18.0 Å². The molecule has 2 amide bonds. The summed E-state index contributed by atoms with van der Waals surface area (Å²) in [6.07, 6.45) is 1.06. The molecule has 0 aromatic heterocycles. The Bertz CT molecular complexity index is 1070. The zero-order valence-electron chi connectivity index (χ0n) is 17.2. The second-order valence-corrected chi connectivity index (χ2v) is 8.74. The third kappa shape index (κ3) is 3.93. The van der Waals surface area contributed by atoms with Gasteiger partial charge in [-0.25, -0.2) is 4.90 Å². The minimum absolute atomic E-state index is 0.0718. The Morgan fingerprint density at radius 1 is 0.935 bits per heavy atom. The fourth-order valence-corrected chi connectivity index (χ4v) is 4.62. The Hall–Kier alpha value is -3.19. The Morgan fingerprint density at radius 2 is 1.52 bits per heavy atom. The molecule has 160 valence electrons. The number of hydrogen-bond donors (Lipinski definition) is 0. The van der Waals surface area contributed by atoms with Crippen molar-refractivity contribution < 1.29 is 14.5 Å². The zero-order chi connectivity index (χ0) is 22.3. The molecular formula is C23H22ClN3O4. The first-order chi connectivity index (χ1) is 14.8. The van der Waals surface area contributed by atoms with Crippen LogP contribution in [0.25, 0.3) is 5.57 Å². The molecule has 0 bridgehead atoms. The first-order valence-corrected chi connectivity index (χ1v) is 10.5. The van der Waals surface area contributed by atoms with Crippen LogP contribution >= 0.6 is 11.6 Å². The molecule has 1 saturated heterocycles. The van der Waals surface area contributed by atoms with Gasteiger partial charge in [0.2, 0.25) is 0 Å². The van der Waals surface area contributed by atoms with Crippen molar-refractivity contribution in [1.82, 2.24) is 4.90 Å². The number of rotatable bonds is 4. The minimum atomic E-state index is -0.491. The van der Waals surface area contributed by atoms with E-state index in [1.807, 2.05) is 4.90 Å². The first kappa shape index (κ1) is 21.1. The molecule has 8 heteroatoms. The molecule has 0 spiro atoms. The van der Waals surface area contributed by atoms with Crippen LogP contribution in [0.3, 0.4) is 0 Å². The van der Waals surface area contributed by atoms with Gasteiger partial charge in [-0.2, -0.15) is 0 Å². The number of nitro benzene ring substituents is 1. The van der Waals surface area contributed by atoms with Gasteiger partial charge in [-0.15, -0.1) is 0 Å². The summed E-state index contributed by atoms with van der Waals surface area (Å²) in [5.41, 5.74) is 1.48. The van der Waals surface area contributed by atoms with Crippen molar-refractivity contribution in [3.8, 4) is 0 Å². The number of carbonyl (C=O) groups excluding carboxylic acids is 2. The summed E-state index contributed by atoms with van der Waals surface area (Å²) in [5, 5.41) is 11.5. The number of halogens is 1. The van der Waals surface area contributed by atoms with Crippen molar-refractivity contribution in [3.63, 3.8) is 0 Å². The normalized spacial score (nSPS) is 21.8. The average Bonchev–Trinajstić information content (AvgIpc) is 2.98. The predicted molar refractivity (Wildman–Crippen MR) is 118 cm³/mol. The lowest BCUT2D eigenvalue weighted by Crippen LogP contribution is -2.42. The fraction of sp³-hybridized carbons (Fsp3) is 0.304. The van der Waals surface area contributed by atoms with E-state index in [-0.39, 0.29) is 17.2 Å². The third-order valence-electron chi connectivity index (χ3n) is 5.70. The number of non-ortho nitro benzene ring substituents is 1. The Kier molecular flexibility index (Phi) is 5.54. The monoisotopic (exact) mass is 439 g/mol. The number of nitro groups is 1. The van der Waals surface area contributed by atoms with E-state index in [1.165, 1.54) is 24.3 Å². The molecule has 2 heterocycles. The quantitative estimate of drug-likeness (QED) is 0.397. The molecule has 31 heavy (non-hydrogen) atoms. The van der Waals surface area contributed by atoms with E-state index in [4.69, 9.17) is 11.6 Å². The summed E-state index contributed by atoms with van der Waals surface area (Å²) in [5.74, 6) is -0.0762. The number of carbonyl (C=O) groups is 2. The van der Waals surface area contributed by atoms with Crippen LogP contribution in [0.2, 0.25) is 5.02 Å². The van der Waals surface area contributed by atoms with Gasteiger partial charge in [-0.3, -0.25) is 19.7 Å². The summed E-state index contributed by atoms with van der Waals surface area (Å²) in [6, 6.07) is 12.3. The smallest absolute Gasteiger partial charge is 0.282 e. The number of anilines is 1. The molecular weight excluding hydrogens is 418 g/mol. The number of amides is 2. The second-order valence-electron chi connectivity index (χ2n) is 8.30.